The van der Waals surface area contributed by atoms with E-state index in [0.717, 1.165) is 18.5 Å². The number of rotatable bonds is 6. The van der Waals surface area contributed by atoms with Gasteiger partial charge in [0.2, 0.25) is 5.91 Å². The third-order valence-electron chi connectivity index (χ3n) is 2.81. The Morgan fingerprint density at radius 2 is 2.44 bits per heavy atom. The molecule has 4 N–H and O–H groups in total. The van der Waals surface area contributed by atoms with Crippen molar-refractivity contribution in [2.75, 3.05) is 6.54 Å². The summed E-state index contributed by atoms with van der Waals surface area (Å²) in [4.78, 5) is 18.5. The number of aromatic amines is 1. The van der Waals surface area contributed by atoms with Gasteiger partial charge in [-0.1, -0.05) is 20.3 Å². The van der Waals surface area contributed by atoms with E-state index in [-0.39, 0.29) is 11.8 Å². The van der Waals surface area contributed by atoms with Crippen molar-refractivity contribution in [3.8, 4) is 0 Å². The summed E-state index contributed by atoms with van der Waals surface area (Å²) in [6.45, 7) is 4.60. The van der Waals surface area contributed by atoms with Crippen molar-refractivity contribution < 1.29 is 4.79 Å². The maximum Gasteiger partial charge on any atom is 0.237 e. The van der Waals surface area contributed by atoms with E-state index in [1.54, 1.807) is 12.5 Å². The highest BCUT2D eigenvalue weighted by Crippen LogP contribution is 2.04. The van der Waals surface area contributed by atoms with Gasteiger partial charge < -0.3 is 16.0 Å². The Balaban J connectivity index is 2.24. The van der Waals surface area contributed by atoms with E-state index in [2.05, 4.69) is 15.3 Å². The van der Waals surface area contributed by atoms with Crippen molar-refractivity contribution in [3.63, 3.8) is 0 Å². The fourth-order valence-corrected chi connectivity index (χ4v) is 1.37. The maximum atomic E-state index is 11.6. The Hall–Kier alpha value is -1.36. The number of amides is 1. The van der Waals surface area contributed by atoms with Crippen molar-refractivity contribution in [1.82, 2.24) is 15.3 Å². The molecule has 0 saturated heterocycles. The molecule has 1 aromatic heterocycles. The second-order valence-corrected chi connectivity index (χ2v) is 4.03. The lowest BCUT2D eigenvalue weighted by Gasteiger charge is -2.17. The van der Waals surface area contributed by atoms with Crippen LogP contribution in [0.15, 0.2) is 12.5 Å². The van der Waals surface area contributed by atoms with Crippen LogP contribution in [-0.4, -0.2) is 28.5 Å². The number of nitrogens with zero attached hydrogens (tertiary/aromatic N) is 1. The van der Waals surface area contributed by atoms with Crippen LogP contribution < -0.4 is 11.1 Å². The largest absolute Gasteiger partial charge is 0.354 e. The Kier molecular flexibility index (Phi) is 4.98. The minimum Gasteiger partial charge on any atom is -0.354 e. The van der Waals surface area contributed by atoms with Crippen molar-refractivity contribution in [1.29, 1.82) is 0 Å². The van der Waals surface area contributed by atoms with Gasteiger partial charge in [-0.05, 0) is 5.92 Å². The third kappa shape index (κ3) is 3.66. The average Bonchev–Trinajstić information content (AvgIpc) is 2.79. The van der Waals surface area contributed by atoms with Crippen LogP contribution in [0, 0.1) is 5.92 Å². The van der Waals surface area contributed by atoms with Crippen LogP contribution in [0.1, 0.15) is 26.0 Å². The van der Waals surface area contributed by atoms with Gasteiger partial charge in [-0.25, -0.2) is 4.98 Å². The number of hydrogen-bond donors (Lipinski definition) is 3. The van der Waals surface area contributed by atoms with Crippen molar-refractivity contribution in [3.05, 3.63) is 18.2 Å². The summed E-state index contributed by atoms with van der Waals surface area (Å²) in [7, 11) is 0. The molecule has 5 nitrogen and oxygen atoms in total. The molecule has 1 aromatic rings. The van der Waals surface area contributed by atoms with Gasteiger partial charge in [-0.15, -0.1) is 0 Å². The van der Waals surface area contributed by atoms with Gasteiger partial charge in [0.1, 0.15) is 0 Å². The molecule has 0 fully saturated rings. The van der Waals surface area contributed by atoms with E-state index >= 15 is 0 Å². The van der Waals surface area contributed by atoms with Gasteiger partial charge >= 0.3 is 0 Å². The Morgan fingerprint density at radius 3 is 3.00 bits per heavy atom. The van der Waals surface area contributed by atoms with E-state index in [4.69, 9.17) is 5.73 Å². The van der Waals surface area contributed by atoms with Gasteiger partial charge in [-0.2, -0.15) is 0 Å². The van der Waals surface area contributed by atoms with E-state index < -0.39 is 6.04 Å². The molecule has 1 heterocycles. The second-order valence-electron chi connectivity index (χ2n) is 4.03. The number of carbonyl (C=O) groups excluding carboxylic acids is 1. The summed E-state index contributed by atoms with van der Waals surface area (Å²) in [5.74, 6) is 0.140. The summed E-state index contributed by atoms with van der Waals surface area (Å²) in [5, 5.41) is 2.82. The molecule has 16 heavy (non-hydrogen) atoms. The summed E-state index contributed by atoms with van der Waals surface area (Å²) in [5.41, 5.74) is 6.81. The van der Waals surface area contributed by atoms with Crippen LogP contribution in [0.5, 0.6) is 0 Å². The lowest BCUT2D eigenvalue weighted by Crippen LogP contribution is -2.45. The first-order chi connectivity index (χ1) is 7.65. The number of imidazole rings is 1. The molecule has 0 aliphatic rings. The normalized spacial score (nSPS) is 14.4. The average molecular weight is 224 g/mol. The molecule has 1 unspecified atom stereocenters. The molecule has 0 spiro atoms. The highest BCUT2D eigenvalue weighted by atomic mass is 16.2. The standard InChI is InChI=1S/C11H20N4O/c1-3-8(2)10(12)11(16)14-5-4-9-6-13-7-15-9/h6-8,10H,3-5,12H2,1-2H3,(H,13,15)(H,14,16)/t8?,10-/m0/s1. The van der Waals surface area contributed by atoms with Crippen molar-refractivity contribution in [2.45, 2.75) is 32.7 Å². The lowest BCUT2D eigenvalue weighted by molar-refractivity contribution is -0.123. The van der Waals surface area contributed by atoms with E-state index in [9.17, 15) is 4.79 Å². The van der Waals surface area contributed by atoms with Gasteiger partial charge in [-0.3, -0.25) is 4.79 Å². The minimum absolute atomic E-state index is 0.0751. The number of nitrogens with two attached hydrogens (primary N) is 1. The summed E-state index contributed by atoms with van der Waals surface area (Å²) >= 11 is 0. The summed E-state index contributed by atoms with van der Waals surface area (Å²) < 4.78 is 0. The molecule has 90 valence electrons. The first-order valence-corrected chi connectivity index (χ1v) is 5.65. The van der Waals surface area contributed by atoms with Gasteiger partial charge in [0.25, 0.3) is 0 Å². The zero-order chi connectivity index (χ0) is 12.0. The smallest absolute Gasteiger partial charge is 0.237 e. The Bertz CT molecular complexity index is 310. The predicted molar refractivity (Wildman–Crippen MR) is 62.7 cm³/mol. The molecule has 0 radical (unpaired) electrons. The fourth-order valence-electron chi connectivity index (χ4n) is 1.37. The van der Waals surface area contributed by atoms with Gasteiger partial charge in [0.05, 0.1) is 12.4 Å². The third-order valence-corrected chi connectivity index (χ3v) is 2.81. The topological polar surface area (TPSA) is 83.8 Å². The van der Waals surface area contributed by atoms with E-state index in [1.807, 2.05) is 13.8 Å². The fraction of sp³-hybridized carbons (Fsp3) is 0.636. The van der Waals surface area contributed by atoms with Crippen LogP contribution in [-0.2, 0) is 11.2 Å². The van der Waals surface area contributed by atoms with Crippen LogP contribution in [0.2, 0.25) is 0 Å². The zero-order valence-corrected chi connectivity index (χ0v) is 9.86. The molecular formula is C11H20N4O. The number of aromatic nitrogens is 2. The predicted octanol–water partition coefficient (Wildman–Crippen LogP) is 0.442. The number of carbonyl (C=O) groups is 1. The van der Waals surface area contributed by atoms with Gasteiger partial charge in [0, 0.05) is 24.9 Å². The first-order valence-electron chi connectivity index (χ1n) is 5.65. The highest BCUT2D eigenvalue weighted by Gasteiger charge is 2.18. The highest BCUT2D eigenvalue weighted by molar-refractivity contribution is 5.81. The lowest BCUT2D eigenvalue weighted by atomic mass is 9.99. The van der Waals surface area contributed by atoms with Crippen LogP contribution >= 0.6 is 0 Å². The quantitative estimate of drug-likeness (QED) is 0.655. The molecular weight excluding hydrogens is 204 g/mol. The van der Waals surface area contributed by atoms with Gasteiger partial charge in [0.15, 0.2) is 0 Å². The SMILES string of the molecule is CCC(C)[C@H](N)C(=O)NCCc1cnc[nH]1. The van der Waals surface area contributed by atoms with Crippen molar-refractivity contribution >= 4 is 5.91 Å². The molecule has 1 rings (SSSR count). The Labute approximate surface area is 95.8 Å². The molecule has 0 aliphatic carbocycles. The zero-order valence-electron chi connectivity index (χ0n) is 9.86. The summed E-state index contributed by atoms with van der Waals surface area (Å²) in [6.07, 6.45) is 5.04. The van der Waals surface area contributed by atoms with Crippen LogP contribution in [0.25, 0.3) is 0 Å². The molecule has 0 aromatic carbocycles. The van der Waals surface area contributed by atoms with E-state index in [1.165, 1.54) is 0 Å². The molecule has 2 atom stereocenters. The van der Waals surface area contributed by atoms with E-state index in [0.29, 0.717) is 6.54 Å². The molecule has 1 amide bonds. The molecule has 5 heteroatoms. The summed E-state index contributed by atoms with van der Waals surface area (Å²) in [6, 6.07) is -0.410. The van der Waals surface area contributed by atoms with Crippen LogP contribution in [0.4, 0.5) is 0 Å². The number of nitrogens with one attached hydrogen (secondary N) is 2. The molecule has 0 aliphatic heterocycles. The first kappa shape index (κ1) is 12.7. The number of H-pyrrole nitrogens is 1. The van der Waals surface area contributed by atoms with Crippen molar-refractivity contribution in [2.24, 2.45) is 11.7 Å². The Morgan fingerprint density at radius 1 is 1.69 bits per heavy atom. The monoisotopic (exact) mass is 224 g/mol. The molecule has 0 bridgehead atoms. The number of hydrogen-bond acceptors (Lipinski definition) is 3. The van der Waals surface area contributed by atoms with Crippen LogP contribution in [0.3, 0.4) is 0 Å². The minimum atomic E-state index is -0.410. The molecule has 0 saturated carbocycles. The second kappa shape index (κ2) is 6.27. The maximum absolute atomic E-state index is 11.6.